The first-order valence-electron chi connectivity index (χ1n) is 6.47. The molecule has 0 saturated heterocycles. The lowest BCUT2D eigenvalue weighted by Crippen LogP contribution is -2.22. The summed E-state index contributed by atoms with van der Waals surface area (Å²) in [6, 6.07) is 7.00. The summed E-state index contributed by atoms with van der Waals surface area (Å²) < 4.78 is 14.8. The van der Waals surface area contributed by atoms with Gasteiger partial charge in [0, 0.05) is 4.88 Å². The molecule has 0 aliphatic heterocycles. The van der Waals surface area contributed by atoms with Crippen molar-refractivity contribution in [1.29, 1.82) is 0 Å². The van der Waals surface area contributed by atoms with Gasteiger partial charge in [0.05, 0.1) is 14.9 Å². The van der Waals surface area contributed by atoms with Crippen molar-refractivity contribution in [2.24, 2.45) is 0 Å². The molecule has 1 aromatic heterocycles. The summed E-state index contributed by atoms with van der Waals surface area (Å²) in [4.78, 5) is 1.13. The fourth-order valence-electron chi connectivity index (χ4n) is 2.02. The Labute approximate surface area is 136 Å². The molecule has 0 bridgehead atoms. The van der Waals surface area contributed by atoms with Crippen LogP contribution >= 0.6 is 38.9 Å². The van der Waals surface area contributed by atoms with Crippen molar-refractivity contribution in [2.75, 3.05) is 6.54 Å². The molecular formula is C15H16BrClFNS. The largest absolute Gasteiger partial charge is 0.306 e. The van der Waals surface area contributed by atoms with E-state index in [-0.39, 0.29) is 16.9 Å². The molecule has 5 heteroatoms. The first kappa shape index (κ1) is 16.0. The second-order valence-electron chi connectivity index (χ2n) is 4.64. The zero-order valence-electron chi connectivity index (χ0n) is 11.3. The standard InChI is InChI=1S/C15H16BrClFNS/c1-3-7-19-14(12-8-9(2)15(16)20-12)10-5-4-6-11(18)13(10)17/h4-6,8,14,19H,3,7H2,1-2H3. The van der Waals surface area contributed by atoms with Crippen LogP contribution in [0.5, 0.6) is 0 Å². The van der Waals surface area contributed by atoms with E-state index in [0.29, 0.717) is 0 Å². The first-order valence-corrected chi connectivity index (χ1v) is 8.46. The van der Waals surface area contributed by atoms with Crippen LogP contribution in [0.15, 0.2) is 28.1 Å². The molecule has 1 aromatic carbocycles. The molecule has 1 nitrogen and oxygen atoms in total. The van der Waals surface area contributed by atoms with Gasteiger partial charge >= 0.3 is 0 Å². The summed E-state index contributed by atoms with van der Waals surface area (Å²) in [5.41, 5.74) is 1.97. The summed E-state index contributed by atoms with van der Waals surface area (Å²) in [6.45, 7) is 5.01. The van der Waals surface area contributed by atoms with Crippen LogP contribution < -0.4 is 5.32 Å². The van der Waals surface area contributed by atoms with Gasteiger partial charge in [-0.1, -0.05) is 30.7 Å². The Hall–Kier alpha value is -0.420. The summed E-state index contributed by atoms with van der Waals surface area (Å²) in [5.74, 6) is -0.375. The Morgan fingerprint density at radius 3 is 2.80 bits per heavy atom. The molecule has 2 rings (SSSR count). The zero-order chi connectivity index (χ0) is 14.7. The van der Waals surface area contributed by atoms with Crippen LogP contribution in [0.4, 0.5) is 4.39 Å². The van der Waals surface area contributed by atoms with Crippen LogP contribution in [0, 0.1) is 12.7 Å². The normalized spacial score (nSPS) is 12.7. The molecule has 108 valence electrons. The van der Waals surface area contributed by atoms with E-state index in [4.69, 9.17) is 11.6 Å². The predicted octanol–water partition coefficient (Wildman–Crippen LogP) is 5.70. The third kappa shape index (κ3) is 3.42. The second-order valence-corrected chi connectivity index (χ2v) is 7.42. The molecule has 0 saturated carbocycles. The van der Waals surface area contributed by atoms with Gasteiger partial charge in [-0.05, 0) is 59.1 Å². The molecule has 0 aliphatic carbocycles. The molecule has 0 radical (unpaired) electrons. The highest BCUT2D eigenvalue weighted by molar-refractivity contribution is 9.11. The lowest BCUT2D eigenvalue weighted by Gasteiger charge is -2.19. The number of benzene rings is 1. The Bertz CT molecular complexity index is 580. The van der Waals surface area contributed by atoms with Gasteiger partial charge in [-0.3, -0.25) is 0 Å². The van der Waals surface area contributed by atoms with Gasteiger partial charge in [-0.25, -0.2) is 4.39 Å². The van der Waals surface area contributed by atoms with Gasteiger partial charge < -0.3 is 5.32 Å². The highest BCUT2D eigenvalue weighted by Gasteiger charge is 2.20. The summed E-state index contributed by atoms with van der Waals surface area (Å²) in [7, 11) is 0. The van der Waals surface area contributed by atoms with E-state index >= 15 is 0 Å². The van der Waals surface area contributed by atoms with Crippen molar-refractivity contribution in [3.8, 4) is 0 Å². The minimum Gasteiger partial charge on any atom is -0.306 e. The van der Waals surface area contributed by atoms with Crippen molar-refractivity contribution in [3.63, 3.8) is 0 Å². The number of aryl methyl sites for hydroxylation is 1. The lowest BCUT2D eigenvalue weighted by atomic mass is 10.0. The molecule has 0 fully saturated rings. The smallest absolute Gasteiger partial charge is 0.142 e. The first-order chi connectivity index (χ1) is 9.54. The number of hydrogen-bond acceptors (Lipinski definition) is 2. The molecule has 1 N–H and O–H groups in total. The number of halogens is 3. The summed E-state index contributed by atoms with van der Waals surface area (Å²) in [5, 5.41) is 3.65. The molecule has 2 aromatic rings. The van der Waals surface area contributed by atoms with E-state index in [1.165, 1.54) is 11.6 Å². The Balaban J connectivity index is 2.44. The average molecular weight is 377 g/mol. The van der Waals surface area contributed by atoms with Crippen LogP contribution in [-0.4, -0.2) is 6.54 Å². The van der Waals surface area contributed by atoms with E-state index in [1.807, 2.05) is 13.0 Å². The summed E-state index contributed by atoms with van der Waals surface area (Å²) in [6.07, 6.45) is 1.01. The minimum absolute atomic E-state index is 0.0758. The van der Waals surface area contributed by atoms with Crippen molar-refractivity contribution in [3.05, 3.63) is 54.9 Å². The maximum atomic E-state index is 13.7. The third-order valence-corrected chi connectivity index (χ3v) is 5.65. The van der Waals surface area contributed by atoms with Crippen molar-refractivity contribution < 1.29 is 4.39 Å². The predicted molar refractivity (Wildman–Crippen MR) is 88.3 cm³/mol. The van der Waals surface area contributed by atoms with E-state index in [1.54, 1.807) is 17.4 Å². The van der Waals surface area contributed by atoms with Crippen LogP contribution in [0.2, 0.25) is 5.02 Å². The molecule has 0 amide bonds. The van der Waals surface area contributed by atoms with Crippen LogP contribution in [0.1, 0.15) is 35.4 Å². The number of hydrogen-bond donors (Lipinski definition) is 1. The highest BCUT2D eigenvalue weighted by Crippen LogP contribution is 2.37. The lowest BCUT2D eigenvalue weighted by molar-refractivity contribution is 0.591. The molecule has 1 heterocycles. The van der Waals surface area contributed by atoms with E-state index in [0.717, 1.165) is 27.2 Å². The number of thiophene rings is 1. The average Bonchev–Trinajstić information content (AvgIpc) is 2.74. The fourth-order valence-corrected chi connectivity index (χ4v) is 3.92. The van der Waals surface area contributed by atoms with Crippen molar-refractivity contribution >= 4 is 38.9 Å². The van der Waals surface area contributed by atoms with Gasteiger partial charge in [0.25, 0.3) is 0 Å². The van der Waals surface area contributed by atoms with Gasteiger partial charge in [-0.2, -0.15) is 0 Å². The molecular weight excluding hydrogens is 361 g/mol. The van der Waals surface area contributed by atoms with E-state index < -0.39 is 0 Å². The highest BCUT2D eigenvalue weighted by atomic mass is 79.9. The van der Waals surface area contributed by atoms with Crippen LogP contribution in [0.25, 0.3) is 0 Å². The molecule has 20 heavy (non-hydrogen) atoms. The van der Waals surface area contributed by atoms with Gasteiger partial charge in [0.2, 0.25) is 0 Å². The molecule has 1 atom stereocenters. The molecule has 0 aliphatic rings. The number of nitrogens with one attached hydrogen (secondary N) is 1. The zero-order valence-corrected chi connectivity index (χ0v) is 14.5. The summed E-state index contributed by atoms with van der Waals surface area (Å²) >= 11 is 11.3. The number of rotatable bonds is 5. The Morgan fingerprint density at radius 1 is 1.45 bits per heavy atom. The van der Waals surface area contributed by atoms with Crippen molar-refractivity contribution in [1.82, 2.24) is 5.32 Å². The Kier molecular flexibility index (Phi) is 5.61. The second kappa shape index (κ2) is 7.03. The Morgan fingerprint density at radius 2 is 2.20 bits per heavy atom. The molecule has 0 spiro atoms. The SMILES string of the molecule is CCCNC(c1cc(C)c(Br)s1)c1cccc(F)c1Cl. The van der Waals surface area contributed by atoms with Gasteiger partial charge in [0.15, 0.2) is 0 Å². The topological polar surface area (TPSA) is 12.0 Å². The van der Waals surface area contributed by atoms with Crippen LogP contribution in [-0.2, 0) is 0 Å². The van der Waals surface area contributed by atoms with Gasteiger partial charge in [-0.15, -0.1) is 11.3 Å². The monoisotopic (exact) mass is 375 g/mol. The maximum Gasteiger partial charge on any atom is 0.142 e. The van der Waals surface area contributed by atoms with E-state index in [9.17, 15) is 4.39 Å². The quantitative estimate of drug-likeness (QED) is 0.705. The van der Waals surface area contributed by atoms with Crippen LogP contribution in [0.3, 0.4) is 0 Å². The fraction of sp³-hybridized carbons (Fsp3) is 0.333. The minimum atomic E-state index is -0.375. The maximum absolute atomic E-state index is 13.7. The van der Waals surface area contributed by atoms with Gasteiger partial charge in [0.1, 0.15) is 5.82 Å². The third-order valence-electron chi connectivity index (χ3n) is 3.05. The van der Waals surface area contributed by atoms with Crippen molar-refractivity contribution in [2.45, 2.75) is 26.3 Å². The molecule has 1 unspecified atom stereocenters. The van der Waals surface area contributed by atoms with E-state index in [2.05, 4.69) is 34.2 Å².